The molecule has 2 aromatic rings. The second kappa shape index (κ2) is 9.59. The summed E-state index contributed by atoms with van der Waals surface area (Å²) in [5.74, 6) is 0.962. The van der Waals surface area contributed by atoms with E-state index >= 15 is 0 Å². The van der Waals surface area contributed by atoms with E-state index in [0.717, 1.165) is 0 Å². The van der Waals surface area contributed by atoms with Crippen molar-refractivity contribution in [3.05, 3.63) is 48.5 Å². The quantitative estimate of drug-likeness (QED) is 0.587. The summed E-state index contributed by atoms with van der Waals surface area (Å²) in [6.07, 6.45) is 1.13. The van der Waals surface area contributed by atoms with E-state index in [4.69, 9.17) is 4.74 Å². The lowest BCUT2D eigenvalue weighted by molar-refractivity contribution is -0.135. The van der Waals surface area contributed by atoms with Crippen molar-refractivity contribution in [3.63, 3.8) is 0 Å². The van der Waals surface area contributed by atoms with Gasteiger partial charge >= 0.3 is 0 Å². The van der Waals surface area contributed by atoms with Gasteiger partial charge in [-0.15, -0.1) is 11.8 Å². The molecule has 182 valence electrons. The van der Waals surface area contributed by atoms with E-state index in [2.05, 4.69) is 5.32 Å². The number of anilines is 1. The first kappa shape index (κ1) is 24.6. The maximum atomic E-state index is 13.3. The Morgan fingerprint density at radius 2 is 1.91 bits per heavy atom. The summed E-state index contributed by atoms with van der Waals surface area (Å²) in [6, 6.07) is 12.9. The van der Waals surface area contributed by atoms with Crippen LogP contribution in [0.15, 0.2) is 53.4 Å². The first-order chi connectivity index (χ1) is 16.2. The lowest BCUT2D eigenvalue weighted by Crippen LogP contribution is -2.48. The molecule has 2 aliphatic heterocycles. The number of nitrogens with one attached hydrogen (secondary N) is 1. The third kappa shape index (κ3) is 4.54. The van der Waals surface area contributed by atoms with Crippen LogP contribution in [-0.4, -0.2) is 59.2 Å². The Kier molecular flexibility index (Phi) is 6.93. The van der Waals surface area contributed by atoms with Gasteiger partial charge in [-0.2, -0.15) is 4.31 Å². The summed E-state index contributed by atoms with van der Waals surface area (Å²) in [7, 11) is -3.74. The zero-order valence-electron chi connectivity index (χ0n) is 19.5. The molecule has 0 aromatic heterocycles. The molecule has 2 aromatic carbocycles. The van der Waals surface area contributed by atoms with Gasteiger partial charge < -0.3 is 15.0 Å². The maximum Gasteiger partial charge on any atom is 0.248 e. The Hall–Kier alpha value is -2.56. The van der Waals surface area contributed by atoms with Crippen molar-refractivity contribution >= 4 is 39.3 Å². The highest BCUT2D eigenvalue weighted by Crippen LogP contribution is 2.47. The first-order valence-electron chi connectivity index (χ1n) is 11.3. The highest BCUT2D eigenvalue weighted by Gasteiger charge is 2.53. The van der Waals surface area contributed by atoms with Crippen LogP contribution in [0.1, 0.15) is 33.6 Å². The van der Waals surface area contributed by atoms with Gasteiger partial charge in [0.15, 0.2) is 5.75 Å². The van der Waals surface area contributed by atoms with Crippen LogP contribution in [0.2, 0.25) is 0 Å². The van der Waals surface area contributed by atoms with Crippen molar-refractivity contribution in [3.8, 4) is 11.5 Å². The molecule has 2 atom stereocenters. The van der Waals surface area contributed by atoms with E-state index in [1.165, 1.54) is 16.4 Å². The second-order valence-corrected chi connectivity index (χ2v) is 11.9. The highest BCUT2D eigenvalue weighted by molar-refractivity contribution is 8.01. The van der Waals surface area contributed by atoms with Crippen LogP contribution in [0, 0.1) is 0 Å². The van der Waals surface area contributed by atoms with Crippen LogP contribution < -0.4 is 10.1 Å². The SMILES string of the molecule is CCN(CC)S(=O)(=O)c1ccc(Oc2ccccc2)c(NC(=O)[C@H]2CS[C@@]3(C)CCC(=O)N23)c1. The Morgan fingerprint density at radius 3 is 2.59 bits per heavy atom. The predicted octanol–water partition coefficient (Wildman–Crippen LogP) is 3.90. The van der Waals surface area contributed by atoms with Crippen LogP contribution in [-0.2, 0) is 19.6 Å². The van der Waals surface area contributed by atoms with E-state index in [-0.39, 0.29) is 27.3 Å². The molecule has 2 fully saturated rings. The number of para-hydroxylation sites is 1. The normalized spacial score (nSPS) is 22.2. The van der Waals surface area contributed by atoms with Gasteiger partial charge in [-0.05, 0) is 43.7 Å². The number of nitrogens with zero attached hydrogens (tertiary/aromatic N) is 2. The van der Waals surface area contributed by atoms with E-state index < -0.39 is 16.1 Å². The number of carbonyl (C=O) groups excluding carboxylic acids is 2. The van der Waals surface area contributed by atoms with Crippen molar-refractivity contribution in [1.29, 1.82) is 0 Å². The number of thioether (sulfide) groups is 1. The Morgan fingerprint density at radius 1 is 1.21 bits per heavy atom. The largest absolute Gasteiger partial charge is 0.455 e. The molecule has 8 nitrogen and oxygen atoms in total. The van der Waals surface area contributed by atoms with Gasteiger partial charge in [-0.1, -0.05) is 32.0 Å². The summed E-state index contributed by atoms with van der Waals surface area (Å²) < 4.78 is 33.5. The number of ether oxygens (including phenoxy) is 1. The average molecular weight is 504 g/mol. The van der Waals surface area contributed by atoms with Gasteiger partial charge in [0.1, 0.15) is 11.8 Å². The summed E-state index contributed by atoms with van der Waals surface area (Å²) in [5.41, 5.74) is 0.243. The van der Waals surface area contributed by atoms with Crippen molar-refractivity contribution < 1.29 is 22.7 Å². The fourth-order valence-electron chi connectivity index (χ4n) is 4.42. The Bertz CT molecular complexity index is 1180. The van der Waals surface area contributed by atoms with Crippen molar-refractivity contribution in [2.75, 3.05) is 24.2 Å². The van der Waals surface area contributed by atoms with Crippen molar-refractivity contribution in [2.45, 2.75) is 49.4 Å². The molecule has 0 aliphatic carbocycles. The molecule has 0 saturated carbocycles. The number of hydrogen-bond donors (Lipinski definition) is 1. The van der Waals surface area contributed by atoms with E-state index in [1.54, 1.807) is 48.7 Å². The molecular weight excluding hydrogens is 474 g/mol. The topological polar surface area (TPSA) is 96.0 Å². The van der Waals surface area contributed by atoms with Gasteiger partial charge in [-0.3, -0.25) is 9.59 Å². The number of fused-ring (bicyclic) bond motifs is 1. The molecular formula is C24H29N3O5S2. The van der Waals surface area contributed by atoms with Gasteiger partial charge in [0.05, 0.1) is 15.5 Å². The summed E-state index contributed by atoms with van der Waals surface area (Å²) in [6.45, 7) is 6.20. The van der Waals surface area contributed by atoms with E-state index in [0.29, 0.717) is 43.2 Å². The number of rotatable bonds is 8. The average Bonchev–Trinajstić information content (AvgIpc) is 3.31. The Labute approximate surface area is 204 Å². The summed E-state index contributed by atoms with van der Waals surface area (Å²) in [4.78, 5) is 27.2. The fourth-order valence-corrected chi connectivity index (χ4v) is 7.33. The molecule has 4 rings (SSSR count). The number of amides is 2. The van der Waals surface area contributed by atoms with Gasteiger partial charge in [0.25, 0.3) is 0 Å². The molecule has 34 heavy (non-hydrogen) atoms. The summed E-state index contributed by atoms with van der Waals surface area (Å²) >= 11 is 1.60. The minimum absolute atomic E-state index is 0.0359. The Balaban J connectivity index is 1.68. The number of hydrogen-bond acceptors (Lipinski definition) is 6. The molecule has 1 N–H and O–H groups in total. The number of benzene rings is 2. The number of sulfonamides is 1. The molecule has 0 bridgehead atoms. The van der Waals surface area contributed by atoms with E-state index in [1.807, 2.05) is 25.1 Å². The van der Waals surface area contributed by atoms with Crippen LogP contribution in [0.25, 0.3) is 0 Å². The zero-order chi connectivity index (χ0) is 24.5. The molecule has 10 heteroatoms. The van der Waals surface area contributed by atoms with Crippen molar-refractivity contribution in [1.82, 2.24) is 9.21 Å². The van der Waals surface area contributed by atoms with Crippen LogP contribution in [0.5, 0.6) is 11.5 Å². The third-order valence-electron chi connectivity index (χ3n) is 6.27. The van der Waals surface area contributed by atoms with Gasteiger partial charge in [0.2, 0.25) is 21.8 Å². The fraction of sp³-hybridized carbons (Fsp3) is 0.417. The monoisotopic (exact) mass is 503 g/mol. The molecule has 0 unspecified atom stereocenters. The maximum absolute atomic E-state index is 13.3. The molecule has 2 aliphatic rings. The summed E-state index contributed by atoms with van der Waals surface area (Å²) in [5, 5.41) is 2.86. The molecule has 0 radical (unpaired) electrons. The minimum atomic E-state index is -3.74. The van der Waals surface area contributed by atoms with Crippen LogP contribution in [0.4, 0.5) is 5.69 Å². The van der Waals surface area contributed by atoms with E-state index in [9.17, 15) is 18.0 Å². The van der Waals surface area contributed by atoms with Crippen LogP contribution in [0.3, 0.4) is 0 Å². The highest BCUT2D eigenvalue weighted by atomic mass is 32.2. The lowest BCUT2D eigenvalue weighted by Gasteiger charge is -2.30. The molecule has 2 amide bonds. The van der Waals surface area contributed by atoms with Gasteiger partial charge in [0, 0.05) is 25.3 Å². The standard InChI is InChI=1S/C24H29N3O5S2/c1-4-26(5-2)34(30,31)18-11-12-21(32-17-9-7-6-8-10-17)19(15-18)25-23(29)20-16-33-24(3)14-13-22(28)27(20)24/h6-12,15,20H,4-5,13-14,16H2,1-3H3,(H,25,29)/t20-,24+/m1/s1. The predicted molar refractivity (Wildman–Crippen MR) is 132 cm³/mol. The van der Waals surface area contributed by atoms with Crippen LogP contribution >= 0.6 is 11.8 Å². The zero-order valence-corrected chi connectivity index (χ0v) is 21.1. The third-order valence-corrected chi connectivity index (χ3v) is 9.82. The lowest BCUT2D eigenvalue weighted by atomic mass is 10.2. The number of carbonyl (C=O) groups is 2. The molecule has 2 saturated heterocycles. The molecule has 2 heterocycles. The smallest absolute Gasteiger partial charge is 0.248 e. The van der Waals surface area contributed by atoms with Crippen molar-refractivity contribution in [2.24, 2.45) is 0 Å². The molecule has 0 spiro atoms. The second-order valence-electron chi connectivity index (χ2n) is 8.42. The minimum Gasteiger partial charge on any atom is -0.455 e. The van der Waals surface area contributed by atoms with Gasteiger partial charge in [-0.25, -0.2) is 8.42 Å². The first-order valence-corrected chi connectivity index (χ1v) is 13.8.